The summed E-state index contributed by atoms with van der Waals surface area (Å²) in [7, 11) is 1.69. The molecule has 0 saturated heterocycles. The highest BCUT2D eigenvalue weighted by atomic mass is 127. The molecule has 2 rings (SSSR count). The largest absolute Gasteiger partial charge is 0.356 e. The fraction of sp³-hybridized carbons (Fsp3) is 0.556. The second-order valence-corrected chi connectivity index (χ2v) is 6.58. The van der Waals surface area contributed by atoms with Crippen molar-refractivity contribution < 1.29 is 9.18 Å². The maximum Gasteiger partial charge on any atom is 0.221 e. The van der Waals surface area contributed by atoms with E-state index < -0.39 is 0 Å². The van der Waals surface area contributed by atoms with Crippen molar-refractivity contribution in [3.63, 3.8) is 0 Å². The number of carbonyl (C=O) groups excluding carboxylic acids is 1. The van der Waals surface area contributed by atoms with Gasteiger partial charge in [-0.15, -0.1) is 24.0 Å². The minimum atomic E-state index is -0.148. The molecular weight excluding hydrogens is 434 g/mol. The topological polar surface area (TPSA) is 65.5 Å². The molecule has 0 radical (unpaired) electrons. The molecule has 1 amide bonds. The maximum atomic E-state index is 14.0. The minimum Gasteiger partial charge on any atom is -0.356 e. The molecule has 1 fully saturated rings. The standard InChI is InChI=1S/C18H27FN4O.HI/c1-13(2)23-16(24)8-11-21-17(20-3)22-12-18(9-10-18)14-6-4-5-7-15(14)19;/h4-7,13H,8-12H2,1-3H3,(H,23,24)(H2,20,21,22);1H. The Kier molecular flexibility index (Phi) is 8.61. The first-order valence-electron chi connectivity index (χ1n) is 8.46. The number of nitrogens with one attached hydrogen (secondary N) is 3. The zero-order valence-corrected chi connectivity index (χ0v) is 17.4. The lowest BCUT2D eigenvalue weighted by molar-refractivity contribution is -0.121. The summed E-state index contributed by atoms with van der Waals surface area (Å²) >= 11 is 0. The van der Waals surface area contributed by atoms with Crippen molar-refractivity contribution >= 4 is 35.8 Å². The Balaban J connectivity index is 0.00000312. The Bertz CT molecular complexity index is 602. The number of amides is 1. The highest BCUT2D eigenvalue weighted by molar-refractivity contribution is 14.0. The number of aliphatic imine (C=N–C) groups is 1. The number of halogens is 2. The first-order chi connectivity index (χ1) is 11.5. The molecule has 25 heavy (non-hydrogen) atoms. The molecular formula is C18H28FIN4O. The summed E-state index contributed by atoms with van der Waals surface area (Å²) in [5.74, 6) is 0.498. The molecule has 0 unspecified atom stereocenters. The van der Waals surface area contributed by atoms with Gasteiger partial charge in [0.1, 0.15) is 5.82 Å². The van der Waals surface area contributed by atoms with E-state index in [0.717, 1.165) is 18.4 Å². The molecule has 0 atom stereocenters. The van der Waals surface area contributed by atoms with Gasteiger partial charge in [0.2, 0.25) is 5.91 Å². The van der Waals surface area contributed by atoms with Crippen molar-refractivity contribution in [1.29, 1.82) is 0 Å². The van der Waals surface area contributed by atoms with Crippen molar-refractivity contribution in [2.24, 2.45) is 4.99 Å². The highest BCUT2D eigenvalue weighted by Crippen LogP contribution is 2.48. The fourth-order valence-electron chi connectivity index (χ4n) is 2.75. The van der Waals surface area contributed by atoms with Gasteiger partial charge in [-0.1, -0.05) is 18.2 Å². The number of rotatable bonds is 7. The minimum absolute atomic E-state index is 0. The summed E-state index contributed by atoms with van der Waals surface area (Å²) in [5, 5.41) is 9.22. The van der Waals surface area contributed by atoms with Crippen molar-refractivity contribution in [3.8, 4) is 0 Å². The molecule has 1 aliphatic carbocycles. The van der Waals surface area contributed by atoms with Crippen LogP contribution < -0.4 is 16.0 Å². The van der Waals surface area contributed by atoms with Crippen molar-refractivity contribution in [1.82, 2.24) is 16.0 Å². The van der Waals surface area contributed by atoms with E-state index in [2.05, 4.69) is 20.9 Å². The average molecular weight is 462 g/mol. The van der Waals surface area contributed by atoms with Crippen molar-refractivity contribution in [2.75, 3.05) is 20.1 Å². The fourth-order valence-corrected chi connectivity index (χ4v) is 2.75. The van der Waals surface area contributed by atoms with Crippen LogP contribution in [0.3, 0.4) is 0 Å². The Labute approximate surface area is 166 Å². The second kappa shape index (κ2) is 9.94. The predicted octanol–water partition coefficient (Wildman–Crippen LogP) is 2.56. The lowest BCUT2D eigenvalue weighted by Crippen LogP contribution is -2.43. The summed E-state index contributed by atoms with van der Waals surface area (Å²) in [4.78, 5) is 15.8. The smallest absolute Gasteiger partial charge is 0.221 e. The van der Waals surface area contributed by atoms with Gasteiger partial charge in [-0.2, -0.15) is 0 Å². The Morgan fingerprint density at radius 1 is 1.28 bits per heavy atom. The molecule has 3 N–H and O–H groups in total. The van der Waals surface area contributed by atoms with Crippen LogP contribution >= 0.6 is 24.0 Å². The van der Waals surface area contributed by atoms with Crippen LogP contribution in [0.15, 0.2) is 29.3 Å². The molecule has 1 aromatic carbocycles. The highest BCUT2D eigenvalue weighted by Gasteiger charge is 2.45. The van der Waals surface area contributed by atoms with Crippen LogP contribution in [0, 0.1) is 5.82 Å². The molecule has 140 valence electrons. The Morgan fingerprint density at radius 2 is 1.96 bits per heavy atom. The number of hydrogen-bond acceptors (Lipinski definition) is 2. The van der Waals surface area contributed by atoms with E-state index in [1.165, 1.54) is 6.07 Å². The van der Waals surface area contributed by atoms with Crippen LogP contribution in [-0.4, -0.2) is 38.0 Å². The van der Waals surface area contributed by atoms with Gasteiger partial charge < -0.3 is 16.0 Å². The van der Waals surface area contributed by atoms with Crippen LogP contribution in [0.4, 0.5) is 4.39 Å². The molecule has 1 aromatic rings. The van der Waals surface area contributed by atoms with Gasteiger partial charge in [-0.25, -0.2) is 4.39 Å². The van der Waals surface area contributed by atoms with Gasteiger partial charge in [-0.3, -0.25) is 9.79 Å². The molecule has 0 aliphatic heterocycles. The third-order valence-electron chi connectivity index (χ3n) is 4.21. The zero-order chi connectivity index (χ0) is 17.6. The van der Waals surface area contributed by atoms with Gasteiger partial charge in [0.25, 0.3) is 0 Å². The van der Waals surface area contributed by atoms with Crippen LogP contribution in [0.2, 0.25) is 0 Å². The van der Waals surface area contributed by atoms with Crippen LogP contribution in [0.5, 0.6) is 0 Å². The normalized spacial score (nSPS) is 15.3. The molecule has 5 nitrogen and oxygen atoms in total. The van der Waals surface area contributed by atoms with E-state index >= 15 is 0 Å². The van der Waals surface area contributed by atoms with Gasteiger partial charge >= 0.3 is 0 Å². The van der Waals surface area contributed by atoms with Crippen LogP contribution in [0.25, 0.3) is 0 Å². The summed E-state index contributed by atoms with van der Waals surface area (Å²) < 4.78 is 14.0. The lowest BCUT2D eigenvalue weighted by Gasteiger charge is -2.19. The van der Waals surface area contributed by atoms with Gasteiger partial charge in [0, 0.05) is 38.0 Å². The average Bonchev–Trinajstić information content (AvgIpc) is 3.31. The number of nitrogens with zero attached hydrogens (tertiary/aromatic N) is 1. The van der Waals surface area contributed by atoms with E-state index in [0.29, 0.717) is 25.5 Å². The number of carbonyl (C=O) groups is 1. The van der Waals surface area contributed by atoms with Crippen LogP contribution in [0.1, 0.15) is 38.7 Å². The second-order valence-electron chi connectivity index (χ2n) is 6.58. The zero-order valence-electron chi connectivity index (χ0n) is 15.1. The monoisotopic (exact) mass is 462 g/mol. The van der Waals surface area contributed by atoms with Gasteiger partial charge in [-0.05, 0) is 38.3 Å². The van der Waals surface area contributed by atoms with E-state index in [9.17, 15) is 9.18 Å². The molecule has 0 bridgehead atoms. The number of guanidine groups is 1. The Morgan fingerprint density at radius 3 is 2.52 bits per heavy atom. The number of benzene rings is 1. The number of hydrogen-bond donors (Lipinski definition) is 3. The third kappa shape index (κ3) is 6.45. The summed E-state index contributed by atoms with van der Waals surface area (Å²) in [6, 6.07) is 7.10. The van der Waals surface area contributed by atoms with E-state index in [1.54, 1.807) is 13.1 Å². The van der Waals surface area contributed by atoms with E-state index in [-0.39, 0.29) is 47.2 Å². The van der Waals surface area contributed by atoms with E-state index in [4.69, 9.17) is 0 Å². The lowest BCUT2D eigenvalue weighted by atomic mass is 9.95. The quantitative estimate of drug-likeness (QED) is 0.332. The third-order valence-corrected chi connectivity index (χ3v) is 4.21. The van der Waals surface area contributed by atoms with Crippen molar-refractivity contribution in [3.05, 3.63) is 35.6 Å². The molecule has 1 saturated carbocycles. The summed E-state index contributed by atoms with van der Waals surface area (Å²) in [6.45, 7) is 5.00. The van der Waals surface area contributed by atoms with Gasteiger partial charge in [0.05, 0.1) is 0 Å². The van der Waals surface area contributed by atoms with Gasteiger partial charge in [0.15, 0.2) is 5.96 Å². The predicted molar refractivity (Wildman–Crippen MR) is 110 cm³/mol. The first kappa shape index (κ1) is 21.7. The Hall–Kier alpha value is -1.38. The van der Waals surface area contributed by atoms with E-state index in [1.807, 2.05) is 26.0 Å². The first-order valence-corrected chi connectivity index (χ1v) is 8.46. The van der Waals surface area contributed by atoms with Crippen molar-refractivity contribution in [2.45, 2.75) is 44.6 Å². The van der Waals surface area contributed by atoms with Crippen LogP contribution in [-0.2, 0) is 10.2 Å². The summed E-state index contributed by atoms with van der Waals surface area (Å²) in [5.41, 5.74) is 0.627. The molecule has 0 heterocycles. The SMILES string of the molecule is CN=C(NCCC(=O)NC(C)C)NCC1(c2ccccc2F)CC1.I. The molecule has 0 aromatic heterocycles. The maximum absolute atomic E-state index is 14.0. The summed E-state index contributed by atoms with van der Waals surface area (Å²) in [6.07, 6.45) is 2.32. The molecule has 0 spiro atoms. The molecule has 1 aliphatic rings. The molecule has 7 heteroatoms.